The predicted octanol–water partition coefficient (Wildman–Crippen LogP) is 14.9. The van der Waals surface area contributed by atoms with E-state index in [0.717, 1.165) is 33.2 Å². The zero-order valence-corrected chi connectivity index (χ0v) is 32.7. The quantitative estimate of drug-likeness (QED) is 0.177. The lowest BCUT2D eigenvalue weighted by Crippen LogP contribution is -2.33. The second-order valence-electron chi connectivity index (χ2n) is 17.5. The molecule has 0 aliphatic heterocycles. The monoisotopic (exact) mass is 734 g/mol. The molecule has 0 radical (unpaired) electrons. The molecule has 0 fully saturated rings. The number of aromatic nitrogens is 2. The minimum absolute atomic E-state index is 0.0763. The van der Waals surface area contributed by atoms with Crippen LogP contribution in [0.2, 0.25) is 0 Å². The van der Waals surface area contributed by atoms with E-state index in [9.17, 15) is 0 Å². The Bertz CT molecular complexity index is 3460. The second-order valence-corrected chi connectivity index (χ2v) is 17.5. The molecule has 3 aromatic heterocycles. The van der Waals surface area contributed by atoms with Gasteiger partial charge >= 0.3 is 0 Å². The van der Waals surface area contributed by atoms with Gasteiger partial charge in [-0.05, 0) is 111 Å². The molecule has 12 rings (SSSR count). The second kappa shape index (κ2) is 11.5. The number of para-hydroxylation sites is 3. The highest BCUT2D eigenvalue weighted by atomic mass is 16.3. The Hall–Kier alpha value is -6.58. The smallest absolute Gasteiger partial charge is 0.136 e. The minimum atomic E-state index is 0.0763. The number of furan rings is 1. The van der Waals surface area contributed by atoms with Crippen molar-refractivity contribution < 1.29 is 4.42 Å². The predicted molar refractivity (Wildman–Crippen MR) is 241 cm³/mol. The van der Waals surface area contributed by atoms with Crippen LogP contribution in [0.4, 0.5) is 0 Å². The van der Waals surface area contributed by atoms with E-state index in [4.69, 9.17) is 4.42 Å². The Morgan fingerprint density at radius 2 is 0.982 bits per heavy atom. The fraction of sp³-hybridized carbons (Fsp3) is 0.148. The van der Waals surface area contributed by atoms with Gasteiger partial charge in [0.2, 0.25) is 0 Å². The van der Waals surface area contributed by atoms with Crippen LogP contribution in [0, 0.1) is 0 Å². The standard InChI is InChI=1S/C54H42N2O/c1-53(2)28-29-54(3,4)43-32-45-41(31-42(43)53)50-38-21-9-8-20-37(38)49-39-22-10-12-25-44(39)56(51(49)52(50)55(45)34-17-6-5-7-18-34)35-19-14-16-33(30-35)36-24-15-27-47-48(36)40-23-11-13-26-46(40)57-47/h5-27,30-32H,28-29H2,1-4H3. The third kappa shape index (κ3) is 4.48. The first-order valence-electron chi connectivity index (χ1n) is 20.3. The van der Waals surface area contributed by atoms with Crippen molar-refractivity contribution in [2.45, 2.75) is 51.4 Å². The molecule has 1 aliphatic rings. The maximum atomic E-state index is 6.36. The molecule has 0 bridgehead atoms. The molecule has 274 valence electrons. The Morgan fingerprint density at radius 1 is 0.421 bits per heavy atom. The van der Waals surface area contributed by atoms with Crippen LogP contribution in [0.1, 0.15) is 51.7 Å². The first kappa shape index (κ1) is 32.6. The van der Waals surface area contributed by atoms with Gasteiger partial charge in [0.05, 0.1) is 22.1 Å². The Kier molecular flexibility index (Phi) is 6.58. The Morgan fingerprint density at radius 3 is 1.74 bits per heavy atom. The summed E-state index contributed by atoms with van der Waals surface area (Å²) < 4.78 is 11.5. The summed E-state index contributed by atoms with van der Waals surface area (Å²) in [6.07, 6.45) is 2.35. The van der Waals surface area contributed by atoms with Crippen LogP contribution in [-0.2, 0) is 10.8 Å². The molecular formula is C54H42N2O. The number of hydrogen-bond donors (Lipinski definition) is 0. The first-order valence-corrected chi connectivity index (χ1v) is 20.3. The molecular weight excluding hydrogens is 693 g/mol. The topological polar surface area (TPSA) is 23.0 Å². The highest BCUT2D eigenvalue weighted by molar-refractivity contribution is 6.36. The van der Waals surface area contributed by atoms with Gasteiger partial charge in [-0.1, -0.05) is 131 Å². The highest BCUT2D eigenvalue weighted by Crippen LogP contribution is 2.52. The maximum absolute atomic E-state index is 6.36. The van der Waals surface area contributed by atoms with E-state index in [1.807, 2.05) is 6.07 Å². The summed E-state index contributed by atoms with van der Waals surface area (Å²) in [6, 6.07) is 58.2. The highest BCUT2D eigenvalue weighted by Gasteiger charge is 2.38. The summed E-state index contributed by atoms with van der Waals surface area (Å²) >= 11 is 0. The van der Waals surface area contributed by atoms with E-state index < -0.39 is 0 Å². The van der Waals surface area contributed by atoms with Gasteiger partial charge in [0.15, 0.2) is 0 Å². The fourth-order valence-corrected chi connectivity index (χ4v) is 10.4. The van der Waals surface area contributed by atoms with E-state index >= 15 is 0 Å². The van der Waals surface area contributed by atoms with Crippen LogP contribution < -0.4 is 0 Å². The number of fused-ring (bicyclic) bond motifs is 14. The van der Waals surface area contributed by atoms with Crippen molar-refractivity contribution in [1.82, 2.24) is 9.13 Å². The lowest BCUT2D eigenvalue weighted by molar-refractivity contribution is 0.332. The molecule has 0 amide bonds. The SMILES string of the molecule is CC1(C)CCC(C)(C)c2cc3c(cc21)c1c2ccccc2c2c4ccccc4n(-c4cccc(-c5cccc6oc7ccccc7c56)c4)c2c1n3-c1ccccc1. The molecule has 0 atom stereocenters. The number of rotatable bonds is 3. The van der Waals surface area contributed by atoms with E-state index in [0.29, 0.717) is 0 Å². The summed E-state index contributed by atoms with van der Waals surface area (Å²) in [7, 11) is 0. The summed E-state index contributed by atoms with van der Waals surface area (Å²) in [5.74, 6) is 0. The third-order valence-corrected chi connectivity index (χ3v) is 13.3. The van der Waals surface area contributed by atoms with Crippen molar-refractivity contribution >= 4 is 76.3 Å². The van der Waals surface area contributed by atoms with Crippen LogP contribution in [0.5, 0.6) is 0 Å². The molecule has 3 nitrogen and oxygen atoms in total. The lowest BCUT2D eigenvalue weighted by Gasteiger charge is -2.42. The summed E-state index contributed by atoms with van der Waals surface area (Å²) in [5, 5.41) is 10.0. The largest absolute Gasteiger partial charge is 0.456 e. The van der Waals surface area contributed by atoms with Gasteiger partial charge in [-0.15, -0.1) is 0 Å². The number of benzene rings is 8. The van der Waals surface area contributed by atoms with Crippen molar-refractivity contribution in [3.8, 4) is 22.5 Å². The van der Waals surface area contributed by atoms with Crippen molar-refractivity contribution in [3.63, 3.8) is 0 Å². The van der Waals surface area contributed by atoms with E-state index in [1.54, 1.807) is 0 Å². The molecule has 0 saturated heterocycles. The zero-order chi connectivity index (χ0) is 38.2. The van der Waals surface area contributed by atoms with Crippen molar-refractivity contribution in [2.75, 3.05) is 0 Å². The van der Waals surface area contributed by atoms with Crippen LogP contribution in [0.25, 0.3) is 98.8 Å². The molecule has 8 aromatic carbocycles. The van der Waals surface area contributed by atoms with Gasteiger partial charge in [-0.2, -0.15) is 0 Å². The fourth-order valence-electron chi connectivity index (χ4n) is 10.4. The molecule has 0 N–H and O–H groups in total. The molecule has 0 spiro atoms. The molecule has 57 heavy (non-hydrogen) atoms. The van der Waals surface area contributed by atoms with Crippen molar-refractivity contribution in [1.29, 1.82) is 0 Å². The van der Waals surface area contributed by atoms with E-state index in [2.05, 4.69) is 188 Å². The van der Waals surface area contributed by atoms with Gasteiger partial charge in [-0.25, -0.2) is 0 Å². The lowest BCUT2D eigenvalue weighted by atomic mass is 9.63. The number of hydrogen-bond acceptors (Lipinski definition) is 1. The maximum Gasteiger partial charge on any atom is 0.136 e. The average molecular weight is 735 g/mol. The molecule has 1 aliphatic carbocycles. The molecule has 0 unspecified atom stereocenters. The molecule has 11 aromatic rings. The summed E-state index contributed by atoms with van der Waals surface area (Å²) in [5.41, 5.74) is 14.5. The normalized spacial score (nSPS) is 15.2. The van der Waals surface area contributed by atoms with Crippen LogP contribution in [0.15, 0.2) is 162 Å². The van der Waals surface area contributed by atoms with E-state index in [-0.39, 0.29) is 10.8 Å². The van der Waals surface area contributed by atoms with Crippen molar-refractivity contribution in [2.24, 2.45) is 0 Å². The van der Waals surface area contributed by atoms with Crippen LogP contribution in [0.3, 0.4) is 0 Å². The van der Waals surface area contributed by atoms with E-state index in [1.165, 1.54) is 89.6 Å². The van der Waals surface area contributed by atoms with Crippen LogP contribution >= 0.6 is 0 Å². The van der Waals surface area contributed by atoms with Crippen LogP contribution in [-0.4, -0.2) is 9.13 Å². The Balaban J connectivity index is 1.28. The van der Waals surface area contributed by atoms with Gasteiger partial charge in [0, 0.05) is 43.7 Å². The Labute approximate surface area is 331 Å². The molecule has 0 saturated carbocycles. The summed E-state index contributed by atoms with van der Waals surface area (Å²) in [4.78, 5) is 0. The minimum Gasteiger partial charge on any atom is -0.456 e. The first-order chi connectivity index (χ1) is 27.8. The third-order valence-electron chi connectivity index (χ3n) is 13.3. The zero-order valence-electron chi connectivity index (χ0n) is 32.7. The molecule has 3 heteroatoms. The molecule has 3 heterocycles. The van der Waals surface area contributed by atoms with Gasteiger partial charge in [-0.3, -0.25) is 0 Å². The summed E-state index contributed by atoms with van der Waals surface area (Å²) in [6.45, 7) is 9.76. The average Bonchev–Trinajstić information content (AvgIpc) is 3.91. The van der Waals surface area contributed by atoms with Gasteiger partial charge in [0.1, 0.15) is 11.2 Å². The van der Waals surface area contributed by atoms with Gasteiger partial charge in [0.25, 0.3) is 0 Å². The van der Waals surface area contributed by atoms with Crippen molar-refractivity contribution in [3.05, 3.63) is 169 Å². The number of nitrogens with zero attached hydrogens (tertiary/aromatic N) is 2. The van der Waals surface area contributed by atoms with Gasteiger partial charge < -0.3 is 13.6 Å².